The number of allylic oxidation sites excluding steroid dienone is 6. The Morgan fingerprint density at radius 2 is 1.49 bits per heavy atom. The van der Waals surface area contributed by atoms with Gasteiger partial charge in [-0.05, 0) is 19.3 Å². The number of quaternary nitrogens is 1. The summed E-state index contributed by atoms with van der Waals surface area (Å²) >= 11 is 0. The second-order valence-corrected chi connectivity index (χ2v) is 12.5. The molecule has 5 atom stereocenters. The Morgan fingerprint density at radius 1 is 0.860 bits per heavy atom. The van der Waals surface area contributed by atoms with E-state index in [0.29, 0.717) is 11.0 Å². The summed E-state index contributed by atoms with van der Waals surface area (Å²) in [4.78, 5) is 33.3. The molecule has 0 saturated heterocycles. The number of carbonyl (C=O) groups excluding carboxylic acids is 2. The quantitative estimate of drug-likeness (QED) is 0.0404. The molecular weight excluding hydrogens is 581 g/mol. The SMILES string of the molecule is CCCCC[C@@H](O)/C=C/C=C\C=C\C=C\[C@@H](O)[C@H](O)CCCC(=O)OC[C@H](COP(=O)(O)OCC[N+](C)(C)C)OC(C)=O. The van der Waals surface area contributed by atoms with Crippen molar-refractivity contribution in [1.29, 1.82) is 0 Å². The molecule has 0 radical (unpaired) electrons. The number of carbonyl (C=O) groups is 2. The van der Waals surface area contributed by atoms with Crippen LogP contribution in [0.15, 0.2) is 48.6 Å². The minimum absolute atomic E-state index is 0.0293. The van der Waals surface area contributed by atoms with E-state index in [9.17, 15) is 34.4 Å². The molecule has 0 aliphatic heterocycles. The zero-order valence-electron chi connectivity index (χ0n) is 26.2. The van der Waals surface area contributed by atoms with Gasteiger partial charge in [-0.3, -0.25) is 18.6 Å². The largest absolute Gasteiger partial charge is 0.472 e. The van der Waals surface area contributed by atoms with Gasteiger partial charge in [0.25, 0.3) is 0 Å². The molecule has 0 fully saturated rings. The summed E-state index contributed by atoms with van der Waals surface area (Å²) in [6.45, 7) is 2.76. The number of phosphoric acid groups is 1. The number of aliphatic hydroxyl groups is 3. The highest BCUT2D eigenvalue weighted by atomic mass is 31.2. The van der Waals surface area contributed by atoms with E-state index in [-0.39, 0.29) is 25.9 Å². The number of hydrogen-bond acceptors (Lipinski definition) is 10. The zero-order chi connectivity index (χ0) is 32.7. The number of ether oxygens (including phenoxy) is 2. The molecule has 0 bridgehead atoms. The number of phosphoric ester groups is 1. The van der Waals surface area contributed by atoms with Crippen molar-refractivity contribution in [3.63, 3.8) is 0 Å². The lowest BCUT2D eigenvalue weighted by atomic mass is 10.1. The van der Waals surface area contributed by atoms with Crippen LogP contribution in [0.1, 0.15) is 58.8 Å². The lowest BCUT2D eigenvalue weighted by Crippen LogP contribution is -2.37. The topological polar surface area (TPSA) is 169 Å². The Balaban J connectivity index is 4.40. The van der Waals surface area contributed by atoms with Crippen LogP contribution in [0.25, 0.3) is 0 Å². The molecule has 0 spiro atoms. The molecule has 248 valence electrons. The fourth-order valence-corrected chi connectivity index (χ4v) is 4.08. The molecular formula is C30H53NO11P+. The van der Waals surface area contributed by atoms with Crippen molar-refractivity contribution in [2.45, 2.75) is 83.2 Å². The Bertz CT molecular complexity index is 943. The van der Waals surface area contributed by atoms with Crippen molar-refractivity contribution in [2.75, 3.05) is 47.5 Å². The van der Waals surface area contributed by atoms with Crippen molar-refractivity contribution >= 4 is 19.8 Å². The van der Waals surface area contributed by atoms with Gasteiger partial charge in [-0.1, -0.05) is 74.8 Å². The summed E-state index contributed by atoms with van der Waals surface area (Å²) in [7, 11) is 1.27. The highest BCUT2D eigenvalue weighted by Gasteiger charge is 2.26. The van der Waals surface area contributed by atoms with E-state index >= 15 is 0 Å². The average Bonchev–Trinajstić information content (AvgIpc) is 2.90. The Kier molecular flexibility index (Phi) is 22.1. The van der Waals surface area contributed by atoms with Gasteiger partial charge in [0.2, 0.25) is 0 Å². The van der Waals surface area contributed by atoms with E-state index in [2.05, 4.69) is 6.92 Å². The molecule has 0 aromatic heterocycles. The first-order chi connectivity index (χ1) is 20.1. The van der Waals surface area contributed by atoms with Gasteiger partial charge in [-0.15, -0.1) is 0 Å². The summed E-state index contributed by atoms with van der Waals surface area (Å²) in [6.07, 6.45) is 14.0. The Labute approximate surface area is 256 Å². The van der Waals surface area contributed by atoms with Gasteiger partial charge in [0, 0.05) is 13.3 Å². The van der Waals surface area contributed by atoms with Crippen LogP contribution < -0.4 is 0 Å². The van der Waals surface area contributed by atoms with Crippen LogP contribution in [-0.2, 0) is 32.7 Å². The van der Waals surface area contributed by atoms with Crippen LogP contribution >= 0.6 is 7.82 Å². The number of unbranched alkanes of at least 4 members (excludes halogenated alkanes) is 2. The van der Waals surface area contributed by atoms with Crippen LogP contribution in [0.4, 0.5) is 0 Å². The fourth-order valence-electron chi connectivity index (χ4n) is 3.33. The summed E-state index contributed by atoms with van der Waals surface area (Å²) < 4.78 is 32.5. The van der Waals surface area contributed by atoms with Crippen molar-refractivity contribution in [3.05, 3.63) is 48.6 Å². The third-order valence-corrected chi connectivity index (χ3v) is 6.76. The van der Waals surface area contributed by atoms with E-state index in [4.69, 9.17) is 18.5 Å². The smallest absolute Gasteiger partial charge is 0.462 e. The number of likely N-dealkylation sites (N-methyl/N-ethyl adjacent to an activating group) is 1. The van der Waals surface area contributed by atoms with Gasteiger partial charge >= 0.3 is 19.8 Å². The van der Waals surface area contributed by atoms with Crippen LogP contribution in [0, 0.1) is 0 Å². The summed E-state index contributed by atoms with van der Waals surface area (Å²) in [5, 5.41) is 30.0. The van der Waals surface area contributed by atoms with Crippen molar-refractivity contribution < 1.29 is 57.4 Å². The van der Waals surface area contributed by atoms with Gasteiger partial charge in [-0.2, -0.15) is 0 Å². The van der Waals surface area contributed by atoms with E-state index in [1.807, 2.05) is 21.1 Å². The summed E-state index contributed by atoms with van der Waals surface area (Å²) in [6, 6.07) is 0. The lowest BCUT2D eigenvalue weighted by Gasteiger charge is -2.24. The average molecular weight is 635 g/mol. The molecule has 43 heavy (non-hydrogen) atoms. The standard InChI is InChI=1S/C30H52NO11P/c1-6-7-12-16-26(33)17-13-10-8-9-11-14-18-28(34)29(35)19-15-20-30(36)39-23-27(42-25(2)32)24-41-43(37,38)40-22-21-31(3,4)5/h8-11,13-14,17-18,26-29,33-35H,6-7,12,15-16,19-24H2,1-5H3/p+1/b10-8-,11-9+,17-13+,18-14+/t26-,27-,28-,29-/m1/s1. The molecule has 0 saturated carbocycles. The maximum atomic E-state index is 12.1. The van der Waals surface area contributed by atoms with Crippen molar-refractivity contribution in [1.82, 2.24) is 0 Å². The van der Waals surface area contributed by atoms with Gasteiger partial charge in [0.15, 0.2) is 6.10 Å². The van der Waals surface area contributed by atoms with Gasteiger partial charge in [0.1, 0.15) is 19.8 Å². The number of hydrogen-bond donors (Lipinski definition) is 4. The van der Waals surface area contributed by atoms with Gasteiger partial charge in [-0.25, -0.2) is 4.57 Å². The van der Waals surface area contributed by atoms with E-state index in [1.165, 1.54) is 6.08 Å². The van der Waals surface area contributed by atoms with Crippen LogP contribution in [0.5, 0.6) is 0 Å². The maximum absolute atomic E-state index is 12.1. The monoisotopic (exact) mass is 634 g/mol. The summed E-state index contributed by atoms with van der Waals surface area (Å²) in [5.74, 6) is -1.33. The van der Waals surface area contributed by atoms with Gasteiger partial charge in [0.05, 0.1) is 46.1 Å². The lowest BCUT2D eigenvalue weighted by molar-refractivity contribution is -0.870. The zero-order valence-corrected chi connectivity index (χ0v) is 27.1. The number of esters is 2. The molecule has 13 heteroatoms. The highest BCUT2D eigenvalue weighted by molar-refractivity contribution is 7.47. The number of aliphatic hydroxyl groups excluding tert-OH is 3. The number of rotatable bonds is 24. The Morgan fingerprint density at radius 3 is 2.09 bits per heavy atom. The first-order valence-corrected chi connectivity index (χ1v) is 16.1. The van der Waals surface area contributed by atoms with E-state index in [0.717, 1.165) is 32.6 Å². The van der Waals surface area contributed by atoms with E-state index < -0.39 is 57.4 Å². The molecule has 0 amide bonds. The third kappa shape index (κ3) is 26.0. The molecule has 1 unspecified atom stereocenters. The molecule has 0 heterocycles. The molecule has 0 aliphatic rings. The molecule has 0 aromatic rings. The Hall–Kier alpha value is -2.15. The second-order valence-electron chi connectivity index (χ2n) is 11.1. The second kappa shape index (κ2) is 23.3. The minimum Gasteiger partial charge on any atom is -0.462 e. The highest BCUT2D eigenvalue weighted by Crippen LogP contribution is 2.43. The van der Waals surface area contributed by atoms with Crippen molar-refractivity contribution in [3.8, 4) is 0 Å². The fraction of sp³-hybridized carbons (Fsp3) is 0.667. The molecule has 0 aromatic carbocycles. The minimum atomic E-state index is -4.40. The molecule has 4 N–H and O–H groups in total. The van der Waals surface area contributed by atoms with E-state index in [1.54, 1.807) is 42.5 Å². The van der Waals surface area contributed by atoms with Crippen LogP contribution in [0.2, 0.25) is 0 Å². The normalized spacial score (nSPS) is 17.0. The summed E-state index contributed by atoms with van der Waals surface area (Å²) in [5.41, 5.74) is 0. The number of nitrogens with zero attached hydrogens (tertiary/aromatic N) is 1. The first kappa shape index (κ1) is 40.9. The predicted octanol–water partition coefficient (Wildman–Crippen LogP) is 3.36. The first-order valence-electron chi connectivity index (χ1n) is 14.6. The third-order valence-electron chi connectivity index (χ3n) is 5.78. The molecule has 0 aliphatic carbocycles. The van der Waals surface area contributed by atoms with Gasteiger partial charge < -0.3 is 34.2 Å². The molecule has 12 nitrogen and oxygen atoms in total. The van der Waals surface area contributed by atoms with Crippen molar-refractivity contribution in [2.24, 2.45) is 0 Å². The predicted molar refractivity (Wildman–Crippen MR) is 164 cm³/mol. The maximum Gasteiger partial charge on any atom is 0.472 e. The van der Waals surface area contributed by atoms with Crippen LogP contribution in [0.3, 0.4) is 0 Å². The molecule has 0 rings (SSSR count). The van der Waals surface area contributed by atoms with Crippen LogP contribution in [-0.4, -0.2) is 109 Å².